The summed E-state index contributed by atoms with van der Waals surface area (Å²) in [4.78, 5) is 41.7. The van der Waals surface area contributed by atoms with Crippen LogP contribution >= 0.6 is 7.60 Å². The average molecular weight is 374 g/mol. The Bertz CT molecular complexity index is 715. The summed E-state index contributed by atoms with van der Waals surface area (Å²) in [5, 5.41) is 22.5. The van der Waals surface area contributed by atoms with Gasteiger partial charge in [-0.2, -0.15) is 0 Å². The van der Waals surface area contributed by atoms with Crippen molar-refractivity contribution < 1.29 is 29.0 Å². The molecule has 2 rings (SSSR count). The van der Waals surface area contributed by atoms with Gasteiger partial charge in [-0.25, -0.2) is 9.48 Å². The van der Waals surface area contributed by atoms with Crippen LogP contribution in [0.15, 0.2) is 18.5 Å². The minimum atomic E-state index is -4.11. The largest absolute Gasteiger partial charge is 0.372 e. The Labute approximate surface area is 142 Å². The number of amides is 3. The lowest BCUT2D eigenvalue weighted by Crippen LogP contribution is -2.53. The number of anilines is 1. The van der Waals surface area contributed by atoms with Gasteiger partial charge in [0.15, 0.2) is 5.82 Å². The molecule has 13 heteroatoms. The molecule has 0 aliphatic carbocycles. The Morgan fingerprint density at radius 1 is 1.52 bits per heavy atom. The van der Waals surface area contributed by atoms with Gasteiger partial charge >= 0.3 is 13.6 Å². The fraction of sp³-hybridized carbons (Fsp3) is 0.500. The molecule has 12 nitrogen and oxygen atoms in total. The van der Waals surface area contributed by atoms with Crippen LogP contribution in [0.5, 0.6) is 0 Å². The molecule has 0 bridgehead atoms. The summed E-state index contributed by atoms with van der Waals surface area (Å²) in [6.07, 6.45) is 2.35. The number of hydrogen-bond acceptors (Lipinski definition) is 6. The first-order valence-electron chi connectivity index (χ1n) is 7.35. The summed E-state index contributed by atoms with van der Waals surface area (Å²) in [5.41, 5.74) is 0. The van der Waals surface area contributed by atoms with E-state index in [-0.39, 0.29) is 30.7 Å². The molecule has 25 heavy (non-hydrogen) atoms. The summed E-state index contributed by atoms with van der Waals surface area (Å²) in [5.74, 6) is -0.156. The molecule has 138 valence electrons. The van der Waals surface area contributed by atoms with Gasteiger partial charge in [-0.05, 0) is 18.9 Å². The van der Waals surface area contributed by atoms with Gasteiger partial charge in [-0.3, -0.25) is 14.3 Å². The van der Waals surface area contributed by atoms with E-state index in [1.165, 1.54) is 25.4 Å². The maximum absolute atomic E-state index is 12.0. The highest BCUT2D eigenvalue weighted by atomic mass is 31.2. The third-order valence-electron chi connectivity index (χ3n) is 3.25. The van der Waals surface area contributed by atoms with Gasteiger partial charge in [0.2, 0.25) is 5.91 Å². The van der Waals surface area contributed by atoms with Gasteiger partial charge < -0.3 is 25.5 Å². The van der Waals surface area contributed by atoms with Gasteiger partial charge in [0.1, 0.15) is 12.4 Å². The van der Waals surface area contributed by atoms with Gasteiger partial charge in [0.05, 0.1) is 6.20 Å². The fourth-order valence-corrected chi connectivity index (χ4v) is 2.70. The van der Waals surface area contributed by atoms with E-state index >= 15 is 0 Å². The molecular weight excluding hydrogens is 355 g/mol. The van der Waals surface area contributed by atoms with Crippen LogP contribution < -0.4 is 15.5 Å². The monoisotopic (exact) mass is 374 g/mol. The Kier molecular flexibility index (Phi) is 5.90. The highest BCUT2D eigenvalue weighted by Gasteiger charge is 2.24. The summed E-state index contributed by atoms with van der Waals surface area (Å²) < 4.78 is 11.9. The van der Waals surface area contributed by atoms with Crippen molar-refractivity contribution in [1.82, 2.24) is 25.6 Å². The van der Waals surface area contributed by atoms with E-state index in [1.807, 2.05) is 0 Å². The molecule has 0 saturated carbocycles. The molecular formula is C12H19N6O6P. The number of nitrogens with zero attached hydrogens (tertiary/aromatic N) is 4. The molecule has 0 spiro atoms. The minimum Gasteiger partial charge on any atom is -0.372 e. The zero-order valence-corrected chi connectivity index (χ0v) is 14.2. The number of urea groups is 1. The number of carbonyl (C=O) groups is 2. The van der Waals surface area contributed by atoms with Crippen LogP contribution in [0.1, 0.15) is 26.0 Å². The molecule has 0 saturated heterocycles. The SMILES string of the molecule is CC(=O)NC1C=CN(c2cn(C(O)CCCP(=O)(O)O)nn2)C(=O)N1. The van der Waals surface area contributed by atoms with Crippen LogP contribution in [0.4, 0.5) is 10.6 Å². The van der Waals surface area contributed by atoms with Crippen molar-refractivity contribution in [3.8, 4) is 0 Å². The molecule has 1 aliphatic rings. The van der Waals surface area contributed by atoms with Crippen molar-refractivity contribution in [2.75, 3.05) is 11.1 Å². The van der Waals surface area contributed by atoms with Crippen LogP contribution in [-0.4, -0.2) is 54.2 Å². The lowest BCUT2D eigenvalue weighted by Gasteiger charge is -2.25. The van der Waals surface area contributed by atoms with Crippen molar-refractivity contribution in [2.24, 2.45) is 0 Å². The number of rotatable bonds is 7. The predicted octanol–water partition coefficient (Wildman–Crippen LogP) is -0.768. The zero-order chi connectivity index (χ0) is 18.6. The molecule has 2 unspecified atom stereocenters. The normalized spacial score (nSPS) is 18.8. The first-order chi connectivity index (χ1) is 11.7. The first kappa shape index (κ1) is 19.1. The molecule has 0 radical (unpaired) electrons. The van der Waals surface area contributed by atoms with Crippen molar-refractivity contribution in [2.45, 2.75) is 32.2 Å². The van der Waals surface area contributed by atoms with Crippen LogP contribution in [0.2, 0.25) is 0 Å². The van der Waals surface area contributed by atoms with E-state index in [9.17, 15) is 19.3 Å². The second-order valence-electron chi connectivity index (χ2n) is 5.41. The zero-order valence-electron chi connectivity index (χ0n) is 13.3. The number of hydrogen-bond donors (Lipinski definition) is 5. The summed E-state index contributed by atoms with van der Waals surface area (Å²) in [7, 11) is -4.11. The predicted molar refractivity (Wildman–Crippen MR) is 85.2 cm³/mol. The lowest BCUT2D eigenvalue weighted by atomic mass is 10.3. The third-order valence-corrected chi connectivity index (χ3v) is 4.15. The molecule has 1 aliphatic heterocycles. The van der Waals surface area contributed by atoms with E-state index in [0.29, 0.717) is 0 Å². The minimum absolute atomic E-state index is 0.0700. The molecule has 0 fully saturated rings. The second-order valence-corrected chi connectivity index (χ2v) is 7.18. The van der Waals surface area contributed by atoms with E-state index in [4.69, 9.17) is 9.79 Å². The number of aliphatic hydroxyl groups is 1. The Balaban J connectivity index is 1.97. The molecule has 1 aromatic heterocycles. The second kappa shape index (κ2) is 7.74. The van der Waals surface area contributed by atoms with Crippen molar-refractivity contribution in [3.63, 3.8) is 0 Å². The van der Waals surface area contributed by atoms with Crippen LogP contribution in [0.3, 0.4) is 0 Å². The Morgan fingerprint density at radius 2 is 2.24 bits per heavy atom. The van der Waals surface area contributed by atoms with Gasteiger partial charge in [-0.15, -0.1) is 5.10 Å². The molecule has 0 aromatic carbocycles. The van der Waals surface area contributed by atoms with Gasteiger partial charge in [0, 0.05) is 19.3 Å². The van der Waals surface area contributed by atoms with Crippen molar-refractivity contribution in [3.05, 3.63) is 18.5 Å². The average Bonchev–Trinajstić information content (AvgIpc) is 2.95. The van der Waals surface area contributed by atoms with Crippen LogP contribution in [0.25, 0.3) is 0 Å². The standard InChI is InChI=1S/C12H19N6O6P/c1-8(19)13-9-4-5-17(12(21)14-9)10-7-18(16-15-10)11(20)3-2-6-25(22,23)24/h4-5,7,9,11,20H,2-3,6H2,1H3,(H,13,19)(H,14,21)(H2,22,23,24). The van der Waals surface area contributed by atoms with Crippen molar-refractivity contribution >= 4 is 25.4 Å². The lowest BCUT2D eigenvalue weighted by molar-refractivity contribution is -0.119. The number of carbonyl (C=O) groups excluding carboxylic acids is 2. The number of nitrogens with one attached hydrogen (secondary N) is 2. The Hall–Kier alpha value is -2.27. The molecule has 2 atom stereocenters. The summed E-state index contributed by atoms with van der Waals surface area (Å²) in [6, 6.07) is -0.538. The van der Waals surface area contributed by atoms with Gasteiger partial charge in [-0.1, -0.05) is 5.21 Å². The highest BCUT2D eigenvalue weighted by Crippen LogP contribution is 2.35. The maximum Gasteiger partial charge on any atom is 0.329 e. The first-order valence-corrected chi connectivity index (χ1v) is 9.15. The highest BCUT2D eigenvalue weighted by molar-refractivity contribution is 7.51. The third kappa shape index (κ3) is 5.64. The molecule has 2 heterocycles. The Morgan fingerprint density at radius 3 is 2.84 bits per heavy atom. The van der Waals surface area contributed by atoms with Crippen LogP contribution in [-0.2, 0) is 9.36 Å². The van der Waals surface area contributed by atoms with Gasteiger partial charge in [0.25, 0.3) is 0 Å². The molecule has 3 amide bonds. The summed E-state index contributed by atoms with van der Waals surface area (Å²) in [6.45, 7) is 1.33. The fourth-order valence-electron chi connectivity index (χ4n) is 2.11. The quantitative estimate of drug-likeness (QED) is 0.387. The van der Waals surface area contributed by atoms with E-state index < -0.39 is 26.0 Å². The molecule has 1 aromatic rings. The number of aliphatic hydroxyl groups excluding tert-OH is 1. The smallest absolute Gasteiger partial charge is 0.329 e. The van der Waals surface area contributed by atoms with E-state index in [0.717, 1.165) is 9.58 Å². The summed E-state index contributed by atoms with van der Waals surface area (Å²) >= 11 is 0. The molecule has 5 N–H and O–H groups in total. The van der Waals surface area contributed by atoms with E-state index in [2.05, 4.69) is 20.9 Å². The maximum atomic E-state index is 12.0. The topological polar surface area (TPSA) is 170 Å². The van der Waals surface area contributed by atoms with E-state index in [1.54, 1.807) is 0 Å². The van der Waals surface area contributed by atoms with Crippen molar-refractivity contribution in [1.29, 1.82) is 0 Å². The number of aromatic nitrogens is 3. The van der Waals surface area contributed by atoms with Crippen LogP contribution in [0, 0.1) is 0 Å².